The van der Waals surface area contributed by atoms with Crippen molar-refractivity contribution in [3.8, 4) is 5.75 Å². The number of fused-ring (bicyclic) bond motifs is 4. The van der Waals surface area contributed by atoms with Gasteiger partial charge in [-0.3, -0.25) is 9.88 Å². The third-order valence-electron chi connectivity index (χ3n) is 7.61. The van der Waals surface area contributed by atoms with E-state index in [9.17, 15) is 18.0 Å². The summed E-state index contributed by atoms with van der Waals surface area (Å²) in [5, 5.41) is 6.72. The molecule has 6 nitrogen and oxygen atoms in total. The predicted molar refractivity (Wildman–Crippen MR) is 136 cm³/mol. The van der Waals surface area contributed by atoms with Gasteiger partial charge in [-0.2, -0.15) is 13.2 Å². The lowest BCUT2D eigenvalue weighted by atomic mass is 9.73. The maximum atomic E-state index is 13.2. The second-order valence-electron chi connectivity index (χ2n) is 9.68. The topological polar surface area (TPSA) is 66.5 Å². The molecule has 9 heteroatoms. The molecule has 0 radical (unpaired) electrons. The van der Waals surface area contributed by atoms with E-state index in [4.69, 9.17) is 4.74 Å². The number of carbonyl (C=O) groups excluding carboxylic acids is 1. The van der Waals surface area contributed by atoms with Crippen molar-refractivity contribution < 1.29 is 22.7 Å². The van der Waals surface area contributed by atoms with E-state index in [2.05, 4.69) is 27.1 Å². The summed E-state index contributed by atoms with van der Waals surface area (Å²) in [7, 11) is 1.60. The normalized spacial score (nSPS) is 23.9. The number of alkyl halides is 3. The molecule has 2 bridgehead atoms. The van der Waals surface area contributed by atoms with E-state index < -0.39 is 17.8 Å². The summed E-state index contributed by atoms with van der Waals surface area (Å²) >= 11 is 0. The van der Waals surface area contributed by atoms with Crippen LogP contribution >= 0.6 is 0 Å². The van der Waals surface area contributed by atoms with Gasteiger partial charge in [0.05, 0.1) is 24.2 Å². The average molecular weight is 511 g/mol. The van der Waals surface area contributed by atoms with Gasteiger partial charge in [0.15, 0.2) is 0 Å². The molecule has 5 atom stereocenters. The molecule has 4 unspecified atom stereocenters. The highest BCUT2D eigenvalue weighted by Gasteiger charge is 2.43. The van der Waals surface area contributed by atoms with Crippen LogP contribution in [0.2, 0.25) is 0 Å². The number of pyridine rings is 1. The standard InChI is InChI=1S/C28H29F3N4O2/c1-3-17-16-35-13-11-18(17)14-25(35)26(22-10-12-32-24-9-8-21(37-2)15-23(22)24)34-27(36)33-20-6-4-19(5-7-20)28(29,30)31/h3-10,12,15,17-18,25-26H,1,11,13-14,16H2,2H3,(H2,33,34,36)/t17?,18?,25?,26-/m0/s1. The summed E-state index contributed by atoms with van der Waals surface area (Å²) in [6, 6.07) is 11.2. The molecule has 4 heterocycles. The number of benzene rings is 2. The second kappa shape index (κ2) is 10.0. The lowest BCUT2D eigenvalue weighted by Crippen LogP contribution is -2.57. The number of methoxy groups -OCH3 is 1. The number of nitrogens with one attached hydrogen (secondary N) is 2. The van der Waals surface area contributed by atoms with Crippen molar-refractivity contribution in [1.82, 2.24) is 15.2 Å². The van der Waals surface area contributed by atoms with Crippen LogP contribution in [0.3, 0.4) is 0 Å². The quantitative estimate of drug-likeness (QED) is 0.398. The fourth-order valence-electron chi connectivity index (χ4n) is 5.70. The van der Waals surface area contributed by atoms with Crippen LogP contribution in [0.25, 0.3) is 10.9 Å². The van der Waals surface area contributed by atoms with Crippen LogP contribution in [0.15, 0.2) is 67.4 Å². The molecule has 2 amide bonds. The molecule has 3 aliphatic heterocycles. The number of hydrogen-bond donors (Lipinski definition) is 2. The Morgan fingerprint density at radius 3 is 2.65 bits per heavy atom. The average Bonchev–Trinajstić information content (AvgIpc) is 2.91. The molecule has 194 valence electrons. The number of hydrogen-bond acceptors (Lipinski definition) is 4. The highest BCUT2D eigenvalue weighted by atomic mass is 19.4. The molecule has 3 aliphatic rings. The lowest BCUT2D eigenvalue weighted by Gasteiger charge is -2.51. The smallest absolute Gasteiger partial charge is 0.416 e. The van der Waals surface area contributed by atoms with E-state index in [-0.39, 0.29) is 17.8 Å². The number of anilines is 1. The van der Waals surface area contributed by atoms with Crippen molar-refractivity contribution in [2.24, 2.45) is 11.8 Å². The summed E-state index contributed by atoms with van der Waals surface area (Å²) in [4.78, 5) is 20.1. The van der Waals surface area contributed by atoms with Gasteiger partial charge in [0, 0.05) is 29.9 Å². The van der Waals surface area contributed by atoms with E-state index in [0.29, 0.717) is 17.6 Å². The van der Waals surface area contributed by atoms with E-state index in [1.807, 2.05) is 30.3 Å². The Labute approximate surface area is 213 Å². The van der Waals surface area contributed by atoms with E-state index in [0.717, 1.165) is 54.5 Å². The number of piperidine rings is 3. The van der Waals surface area contributed by atoms with Gasteiger partial charge in [-0.15, -0.1) is 6.58 Å². The number of aromatic nitrogens is 1. The lowest BCUT2D eigenvalue weighted by molar-refractivity contribution is -0.137. The fourth-order valence-corrected chi connectivity index (χ4v) is 5.70. The maximum Gasteiger partial charge on any atom is 0.416 e. The first-order valence-corrected chi connectivity index (χ1v) is 12.3. The molecule has 1 aromatic heterocycles. The molecule has 3 saturated heterocycles. The Morgan fingerprint density at radius 1 is 1.22 bits per heavy atom. The first kappa shape index (κ1) is 25.1. The summed E-state index contributed by atoms with van der Waals surface area (Å²) in [5.74, 6) is 1.59. The molecule has 3 aromatic rings. The van der Waals surface area contributed by atoms with Crippen molar-refractivity contribution in [2.45, 2.75) is 31.1 Å². The van der Waals surface area contributed by atoms with Gasteiger partial charge < -0.3 is 15.4 Å². The Kier molecular flexibility index (Phi) is 6.81. The fraction of sp³-hybridized carbons (Fsp3) is 0.357. The molecule has 0 saturated carbocycles. The van der Waals surface area contributed by atoms with Crippen molar-refractivity contribution >= 4 is 22.6 Å². The molecular weight excluding hydrogens is 481 g/mol. The van der Waals surface area contributed by atoms with Crippen LogP contribution < -0.4 is 15.4 Å². The Hall–Kier alpha value is -3.59. The van der Waals surface area contributed by atoms with Crippen LogP contribution in [-0.4, -0.2) is 42.2 Å². The second-order valence-corrected chi connectivity index (χ2v) is 9.68. The monoisotopic (exact) mass is 510 g/mol. The Balaban J connectivity index is 1.46. The first-order valence-electron chi connectivity index (χ1n) is 12.3. The summed E-state index contributed by atoms with van der Waals surface area (Å²) < 4.78 is 44.2. The minimum atomic E-state index is -4.44. The largest absolute Gasteiger partial charge is 0.497 e. The van der Waals surface area contributed by atoms with E-state index in [1.54, 1.807) is 13.3 Å². The molecule has 0 aliphatic carbocycles. The molecular formula is C28H29F3N4O2. The molecule has 2 aromatic carbocycles. The zero-order valence-corrected chi connectivity index (χ0v) is 20.5. The van der Waals surface area contributed by atoms with Gasteiger partial charge in [0.25, 0.3) is 0 Å². The van der Waals surface area contributed by atoms with Crippen LogP contribution in [0.1, 0.15) is 30.0 Å². The van der Waals surface area contributed by atoms with Gasteiger partial charge >= 0.3 is 12.2 Å². The minimum absolute atomic E-state index is 0.0464. The van der Waals surface area contributed by atoms with Crippen molar-refractivity contribution in [3.05, 3.63) is 78.5 Å². The number of halogens is 3. The van der Waals surface area contributed by atoms with Crippen LogP contribution in [0.4, 0.5) is 23.7 Å². The molecule has 0 spiro atoms. The highest BCUT2D eigenvalue weighted by molar-refractivity contribution is 5.90. The number of amides is 2. The predicted octanol–water partition coefficient (Wildman–Crippen LogP) is 6.02. The Morgan fingerprint density at radius 2 is 2.00 bits per heavy atom. The number of carbonyl (C=O) groups is 1. The number of rotatable bonds is 6. The number of ether oxygens (including phenoxy) is 1. The van der Waals surface area contributed by atoms with E-state index >= 15 is 0 Å². The highest BCUT2D eigenvalue weighted by Crippen LogP contribution is 2.42. The maximum absolute atomic E-state index is 13.2. The molecule has 37 heavy (non-hydrogen) atoms. The summed E-state index contributed by atoms with van der Waals surface area (Å²) in [6.07, 6.45) is 1.31. The minimum Gasteiger partial charge on any atom is -0.497 e. The van der Waals surface area contributed by atoms with Crippen LogP contribution in [0.5, 0.6) is 5.75 Å². The molecule has 6 rings (SSSR count). The number of urea groups is 1. The van der Waals surface area contributed by atoms with Gasteiger partial charge in [0.1, 0.15) is 5.75 Å². The summed E-state index contributed by atoms with van der Waals surface area (Å²) in [6.45, 7) is 5.82. The Bertz CT molecular complexity index is 1290. The van der Waals surface area contributed by atoms with Gasteiger partial charge in [-0.05, 0) is 85.3 Å². The summed E-state index contributed by atoms with van der Waals surface area (Å²) in [5.41, 5.74) is 1.21. The van der Waals surface area contributed by atoms with Gasteiger partial charge in [-0.25, -0.2) is 4.79 Å². The first-order chi connectivity index (χ1) is 17.8. The zero-order valence-electron chi connectivity index (χ0n) is 20.5. The van der Waals surface area contributed by atoms with Crippen LogP contribution in [-0.2, 0) is 6.18 Å². The SMILES string of the molecule is C=CC1CN2CCC1CC2[C@@H](NC(=O)Nc1ccc(C(F)(F)F)cc1)c1ccnc2ccc(OC)cc12. The third-order valence-corrected chi connectivity index (χ3v) is 7.61. The van der Waals surface area contributed by atoms with Crippen molar-refractivity contribution in [3.63, 3.8) is 0 Å². The van der Waals surface area contributed by atoms with Crippen molar-refractivity contribution in [1.29, 1.82) is 0 Å². The number of nitrogens with zero attached hydrogens (tertiary/aromatic N) is 2. The van der Waals surface area contributed by atoms with Crippen LogP contribution in [0, 0.1) is 11.8 Å². The molecule has 3 fully saturated rings. The molecule has 2 N–H and O–H groups in total. The van der Waals surface area contributed by atoms with Gasteiger partial charge in [0.2, 0.25) is 0 Å². The third kappa shape index (κ3) is 5.13. The van der Waals surface area contributed by atoms with E-state index in [1.165, 1.54) is 12.1 Å². The van der Waals surface area contributed by atoms with Gasteiger partial charge in [-0.1, -0.05) is 6.08 Å². The zero-order chi connectivity index (χ0) is 26.2. The van der Waals surface area contributed by atoms with Crippen molar-refractivity contribution in [2.75, 3.05) is 25.5 Å².